The maximum atomic E-state index is 12.3. The molecule has 0 saturated carbocycles. The molecule has 2 aliphatic heterocycles. The van der Waals surface area contributed by atoms with Crippen LogP contribution in [0, 0.1) is 0 Å². The molecule has 2 saturated heterocycles. The van der Waals surface area contributed by atoms with E-state index in [1.807, 2.05) is 18.2 Å². The first kappa shape index (κ1) is 25.9. The van der Waals surface area contributed by atoms with E-state index >= 15 is 0 Å². The molecule has 2 fully saturated rings. The third-order valence-electron chi connectivity index (χ3n) is 5.77. The van der Waals surface area contributed by atoms with E-state index in [9.17, 15) is 4.79 Å². The number of guanidine groups is 1. The summed E-state index contributed by atoms with van der Waals surface area (Å²) in [6, 6.07) is 7.95. The number of piperidine rings is 1. The molecule has 8 heteroatoms. The van der Waals surface area contributed by atoms with Gasteiger partial charge in [-0.15, -0.1) is 24.0 Å². The lowest BCUT2D eigenvalue weighted by Crippen LogP contribution is -2.48. The number of nitrogens with zero attached hydrogens (tertiary/aromatic N) is 2. The van der Waals surface area contributed by atoms with E-state index in [0.717, 1.165) is 57.0 Å². The molecule has 0 aliphatic carbocycles. The van der Waals surface area contributed by atoms with Crippen molar-refractivity contribution in [2.75, 3.05) is 45.2 Å². The Bertz CT molecular complexity index is 702. The Morgan fingerprint density at radius 3 is 2.74 bits per heavy atom. The maximum Gasteiger partial charge on any atom is 0.243 e. The van der Waals surface area contributed by atoms with Gasteiger partial charge in [-0.05, 0) is 56.2 Å². The van der Waals surface area contributed by atoms with E-state index in [1.165, 1.54) is 18.4 Å². The van der Waals surface area contributed by atoms with Crippen LogP contribution in [0.15, 0.2) is 29.3 Å². The summed E-state index contributed by atoms with van der Waals surface area (Å²) in [7, 11) is 1.76. The van der Waals surface area contributed by atoms with Gasteiger partial charge in [0.2, 0.25) is 5.91 Å². The minimum Gasteiger partial charge on any atom is -0.376 e. The summed E-state index contributed by atoms with van der Waals surface area (Å²) in [5.74, 6) is 0.691. The Morgan fingerprint density at radius 2 is 2.06 bits per heavy atom. The number of ether oxygens (including phenoxy) is 2. The number of hydrogen-bond acceptors (Lipinski definition) is 4. The van der Waals surface area contributed by atoms with Gasteiger partial charge >= 0.3 is 0 Å². The molecule has 0 spiro atoms. The first-order valence-corrected chi connectivity index (χ1v) is 11.3. The molecule has 1 unspecified atom stereocenters. The highest BCUT2D eigenvalue weighted by Gasteiger charge is 2.24. The molecule has 0 radical (unpaired) electrons. The molecule has 1 aromatic carbocycles. The molecular formula is C23H37IN4O3. The topological polar surface area (TPSA) is 75.2 Å². The van der Waals surface area contributed by atoms with E-state index in [0.29, 0.717) is 6.61 Å². The fraction of sp³-hybridized carbons (Fsp3) is 0.652. The summed E-state index contributed by atoms with van der Waals surface area (Å²) >= 11 is 0. The second kappa shape index (κ2) is 13.9. The van der Waals surface area contributed by atoms with Crippen molar-refractivity contribution in [3.8, 4) is 0 Å². The third-order valence-corrected chi connectivity index (χ3v) is 5.77. The van der Waals surface area contributed by atoms with Gasteiger partial charge in [0, 0.05) is 32.4 Å². The fourth-order valence-corrected chi connectivity index (χ4v) is 3.98. The Morgan fingerprint density at radius 1 is 1.26 bits per heavy atom. The molecule has 3 rings (SSSR count). The standard InChI is InChI=1S/C23H36N4O3.HI/c1-3-18-7-6-8-19(15-18)26-22(28)16-25-23(24-2)27-12-10-20(11-13-27)30-17-21-9-4-5-14-29-21;/h6-8,15,20-21H,3-5,9-14,16-17H2,1-2H3,(H,24,25)(H,26,28);1H. The van der Waals surface area contributed by atoms with Crippen molar-refractivity contribution in [2.24, 2.45) is 4.99 Å². The largest absolute Gasteiger partial charge is 0.376 e. The minimum absolute atomic E-state index is 0. The number of likely N-dealkylation sites (tertiary alicyclic amines) is 1. The van der Waals surface area contributed by atoms with Crippen molar-refractivity contribution in [3.05, 3.63) is 29.8 Å². The average Bonchev–Trinajstić information content (AvgIpc) is 2.79. The van der Waals surface area contributed by atoms with Crippen LogP contribution in [0.4, 0.5) is 5.69 Å². The number of carbonyl (C=O) groups excluding carboxylic acids is 1. The molecular weight excluding hydrogens is 507 g/mol. The summed E-state index contributed by atoms with van der Waals surface area (Å²) in [4.78, 5) is 18.9. The normalized spacial score (nSPS) is 20.1. The predicted octanol–water partition coefficient (Wildman–Crippen LogP) is 3.43. The number of carbonyl (C=O) groups is 1. The summed E-state index contributed by atoms with van der Waals surface area (Å²) in [6.07, 6.45) is 6.94. The molecule has 0 aromatic heterocycles. The molecule has 1 atom stereocenters. The van der Waals surface area contributed by atoms with Crippen molar-refractivity contribution in [2.45, 2.75) is 57.7 Å². The summed E-state index contributed by atoms with van der Waals surface area (Å²) < 4.78 is 11.8. The molecule has 174 valence electrons. The zero-order chi connectivity index (χ0) is 21.2. The molecule has 2 N–H and O–H groups in total. The number of aryl methyl sites for hydroxylation is 1. The van der Waals surface area contributed by atoms with Crippen molar-refractivity contribution in [1.29, 1.82) is 0 Å². The number of hydrogen-bond donors (Lipinski definition) is 2. The van der Waals surface area contributed by atoms with Crippen LogP contribution in [-0.4, -0.2) is 68.9 Å². The summed E-state index contributed by atoms with van der Waals surface area (Å²) in [5, 5.41) is 6.14. The number of amides is 1. The van der Waals surface area contributed by atoms with E-state index in [4.69, 9.17) is 9.47 Å². The van der Waals surface area contributed by atoms with Gasteiger partial charge in [-0.2, -0.15) is 0 Å². The zero-order valence-electron chi connectivity index (χ0n) is 18.8. The van der Waals surface area contributed by atoms with Gasteiger partial charge in [0.05, 0.1) is 25.4 Å². The predicted molar refractivity (Wildman–Crippen MR) is 135 cm³/mol. The third kappa shape index (κ3) is 8.57. The van der Waals surface area contributed by atoms with Crippen LogP contribution in [0.1, 0.15) is 44.6 Å². The molecule has 0 bridgehead atoms. The zero-order valence-corrected chi connectivity index (χ0v) is 21.1. The van der Waals surface area contributed by atoms with E-state index in [-0.39, 0.29) is 48.6 Å². The molecule has 2 aliphatic rings. The lowest BCUT2D eigenvalue weighted by atomic mass is 10.1. The van der Waals surface area contributed by atoms with Gasteiger partial charge in [0.15, 0.2) is 5.96 Å². The highest BCUT2D eigenvalue weighted by Crippen LogP contribution is 2.18. The number of halogens is 1. The smallest absolute Gasteiger partial charge is 0.243 e. The van der Waals surface area contributed by atoms with Gasteiger partial charge in [-0.1, -0.05) is 19.1 Å². The number of benzene rings is 1. The van der Waals surface area contributed by atoms with E-state index in [2.05, 4.69) is 33.5 Å². The fourth-order valence-electron chi connectivity index (χ4n) is 3.98. The quantitative estimate of drug-likeness (QED) is 0.313. The van der Waals surface area contributed by atoms with Crippen LogP contribution in [-0.2, 0) is 20.7 Å². The van der Waals surface area contributed by atoms with Crippen molar-refractivity contribution < 1.29 is 14.3 Å². The summed E-state index contributed by atoms with van der Waals surface area (Å²) in [5.41, 5.74) is 2.03. The summed E-state index contributed by atoms with van der Waals surface area (Å²) in [6.45, 7) is 5.61. The van der Waals surface area contributed by atoms with Crippen molar-refractivity contribution in [1.82, 2.24) is 10.2 Å². The SMILES string of the molecule is CCc1cccc(NC(=O)CNC(=NC)N2CCC(OCC3CCCCO3)CC2)c1.I. The Hall–Kier alpha value is -1.39. The Balaban J connectivity index is 0.00000341. The van der Waals surface area contributed by atoms with Gasteiger partial charge in [0.25, 0.3) is 0 Å². The van der Waals surface area contributed by atoms with Crippen LogP contribution in [0.5, 0.6) is 0 Å². The number of aliphatic imine (C=N–C) groups is 1. The second-order valence-electron chi connectivity index (χ2n) is 8.01. The Labute approximate surface area is 203 Å². The van der Waals surface area contributed by atoms with Crippen LogP contribution >= 0.6 is 24.0 Å². The van der Waals surface area contributed by atoms with Gasteiger partial charge in [-0.25, -0.2) is 0 Å². The minimum atomic E-state index is -0.0740. The van der Waals surface area contributed by atoms with Crippen LogP contribution < -0.4 is 10.6 Å². The molecule has 1 aromatic rings. The maximum absolute atomic E-state index is 12.3. The molecule has 1 amide bonds. The lowest BCUT2D eigenvalue weighted by molar-refractivity contribution is -0.115. The van der Waals surface area contributed by atoms with E-state index in [1.54, 1.807) is 7.05 Å². The monoisotopic (exact) mass is 544 g/mol. The lowest BCUT2D eigenvalue weighted by Gasteiger charge is -2.35. The number of anilines is 1. The highest BCUT2D eigenvalue weighted by molar-refractivity contribution is 14.0. The molecule has 2 heterocycles. The highest BCUT2D eigenvalue weighted by atomic mass is 127. The van der Waals surface area contributed by atoms with Crippen LogP contribution in [0.3, 0.4) is 0 Å². The Kier molecular flexibility index (Phi) is 11.6. The number of rotatable bonds is 7. The first-order valence-electron chi connectivity index (χ1n) is 11.3. The van der Waals surface area contributed by atoms with Gasteiger partial charge in [-0.3, -0.25) is 9.79 Å². The van der Waals surface area contributed by atoms with Crippen LogP contribution in [0.25, 0.3) is 0 Å². The van der Waals surface area contributed by atoms with Crippen molar-refractivity contribution >= 4 is 41.5 Å². The van der Waals surface area contributed by atoms with Crippen molar-refractivity contribution in [3.63, 3.8) is 0 Å². The first-order chi connectivity index (χ1) is 14.7. The van der Waals surface area contributed by atoms with Gasteiger partial charge < -0.3 is 25.0 Å². The van der Waals surface area contributed by atoms with E-state index < -0.39 is 0 Å². The molecule has 31 heavy (non-hydrogen) atoms. The second-order valence-corrected chi connectivity index (χ2v) is 8.01. The van der Waals surface area contributed by atoms with Crippen LogP contribution in [0.2, 0.25) is 0 Å². The van der Waals surface area contributed by atoms with Gasteiger partial charge in [0.1, 0.15) is 0 Å². The average molecular weight is 544 g/mol. The number of nitrogens with one attached hydrogen (secondary N) is 2. The molecule has 7 nitrogen and oxygen atoms in total.